The Hall–Kier alpha value is -1.77. The second-order valence-corrected chi connectivity index (χ2v) is 4.58. The van der Waals surface area contributed by atoms with Crippen molar-refractivity contribution in [2.75, 3.05) is 0 Å². The molecule has 86 valence electrons. The maximum absolute atomic E-state index is 10.6. The highest BCUT2D eigenvalue weighted by Gasteiger charge is 2.20. The summed E-state index contributed by atoms with van der Waals surface area (Å²) in [5, 5.41) is 8.64. The first-order valence-corrected chi connectivity index (χ1v) is 5.02. The lowest BCUT2D eigenvalue weighted by atomic mass is 9.85. The zero-order valence-electron chi connectivity index (χ0n) is 9.78. The fourth-order valence-corrected chi connectivity index (χ4v) is 1.44. The van der Waals surface area contributed by atoms with Gasteiger partial charge in [-0.3, -0.25) is 0 Å². The van der Waals surface area contributed by atoms with Gasteiger partial charge in [0.1, 0.15) is 5.75 Å². The van der Waals surface area contributed by atoms with Crippen molar-refractivity contribution in [3.63, 3.8) is 0 Å². The van der Waals surface area contributed by atoms with Crippen molar-refractivity contribution in [3.8, 4) is 5.75 Å². The number of hydrogen-bond donors (Lipinski definition) is 1. The van der Waals surface area contributed by atoms with Crippen molar-refractivity contribution in [1.29, 1.82) is 0 Å². The molecule has 0 aromatic heterocycles. The average Bonchev–Trinajstić information content (AvgIpc) is 2.15. The molecule has 0 aliphatic heterocycles. The first-order valence-electron chi connectivity index (χ1n) is 5.02. The summed E-state index contributed by atoms with van der Waals surface area (Å²) in [5.41, 5.74) is 1.62. The Morgan fingerprint density at radius 2 is 2.06 bits per heavy atom. The van der Waals surface area contributed by atoms with Crippen LogP contribution in [0.15, 0.2) is 24.8 Å². The number of carbonyl (C=O) groups is 1. The van der Waals surface area contributed by atoms with Gasteiger partial charge in [-0.05, 0) is 23.1 Å². The van der Waals surface area contributed by atoms with E-state index in [0.717, 1.165) is 11.1 Å². The van der Waals surface area contributed by atoms with Crippen molar-refractivity contribution < 1.29 is 14.6 Å². The molecule has 0 atom stereocenters. The molecule has 0 fully saturated rings. The highest BCUT2D eigenvalue weighted by Crippen LogP contribution is 2.32. The van der Waals surface area contributed by atoms with Crippen molar-refractivity contribution >= 4 is 12.2 Å². The summed E-state index contributed by atoms with van der Waals surface area (Å²) in [6, 6.07) is 5.33. The molecule has 3 nitrogen and oxygen atoms in total. The Kier molecular flexibility index (Phi) is 3.38. The van der Waals surface area contributed by atoms with Gasteiger partial charge in [0.15, 0.2) is 0 Å². The van der Waals surface area contributed by atoms with Crippen molar-refractivity contribution in [1.82, 2.24) is 0 Å². The normalized spacial score (nSPS) is 10.9. The lowest BCUT2D eigenvalue weighted by molar-refractivity contribution is 0.143. The van der Waals surface area contributed by atoms with Crippen LogP contribution in [0.3, 0.4) is 0 Å². The van der Waals surface area contributed by atoms with Crippen LogP contribution in [0.2, 0.25) is 0 Å². The second-order valence-electron chi connectivity index (χ2n) is 4.58. The largest absolute Gasteiger partial charge is 0.511 e. The maximum atomic E-state index is 10.6. The molecule has 0 spiro atoms. The lowest BCUT2D eigenvalue weighted by Crippen LogP contribution is -2.15. The van der Waals surface area contributed by atoms with Crippen LogP contribution < -0.4 is 4.74 Å². The lowest BCUT2D eigenvalue weighted by Gasteiger charge is -2.22. The molecule has 0 aliphatic rings. The molecule has 16 heavy (non-hydrogen) atoms. The Morgan fingerprint density at radius 1 is 1.44 bits per heavy atom. The standard InChI is InChI=1S/C13H16O3/c1-5-9-6-7-11(16-12(14)15)10(8-9)13(2,3)4/h5-8H,1H2,2-4H3,(H,14,15). The molecule has 1 N–H and O–H groups in total. The molecule has 0 saturated heterocycles. The van der Waals surface area contributed by atoms with Crippen LogP contribution in [0.1, 0.15) is 31.9 Å². The van der Waals surface area contributed by atoms with E-state index in [2.05, 4.69) is 6.58 Å². The third-order valence-electron chi connectivity index (χ3n) is 2.24. The molecule has 0 aliphatic carbocycles. The number of ether oxygens (including phenoxy) is 1. The summed E-state index contributed by atoms with van der Waals surface area (Å²) in [6.45, 7) is 9.70. The monoisotopic (exact) mass is 220 g/mol. The molecular formula is C13H16O3. The Balaban J connectivity index is 3.27. The van der Waals surface area contributed by atoms with Crippen molar-refractivity contribution in [3.05, 3.63) is 35.9 Å². The van der Waals surface area contributed by atoms with E-state index >= 15 is 0 Å². The van der Waals surface area contributed by atoms with E-state index in [9.17, 15) is 4.79 Å². The van der Waals surface area contributed by atoms with Gasteiger partial charge in [0.25, 0.3) is 0 Å². The fraction of sp³-hybridized carbons (Fsp3) is 0.308. The minimum Gasteiger partial charge on any atom is -0.449 e. The minimum atomic E-state index is -1.29. The minimum absolute atomic E-state index is 0.177. The molecule has 0 bridgehead atoms. The highest BCUT2D eigenvalue weighted by atomic mass is 16.7. The molecule has 0 unspecified atom stereocenters. The van der Waals surface area contributed by atoms with Gasteiger partial charge >= 0.3 is 6.16 Å². The summed E-state index contributed by atoms with van der Waals surface area (Å²) in [7, 11) is 0. The second kappa shape index (κ2) is 4.39. The van der Waals surface area contributed by atoms with E-state index < -0.39 is 6.16 Å². The van der Waals surface area contributed by atoms with E-state index in [1.807, 2.05) is 26.8 Å². The molecule has 0 radical (unpaired) electrons. The summed E-state index contributed by atoms with van der Waals surface area (Å²) in [4.78, 5) is 10.6. The average molecular weight is 220 g/mol. The molecule has 0 saturated carbocycles. The van der Waals surface area contributed by atoms with E-state index in [4.69, 9.17) is 9.84 Å². The molecule has 1 aromatic rings. The third kappa shape index (κ3) is 2.86. The van der Waals surface area contributed by atoms with Crippen LogP contribution in [0, 0.1) is 0 Å². The number of benzene rings is 1. The van der Waals surface area contributed by atoms with Gasteiger partial charge in [-0.15, -0.1) is 0 Å². The molecule has 3 heteroatoms. The predicted octanol–water partition coefficient (Wildman–Crippen LogP) is 3.68. The topological polar surface area (TPSA) is 46.5 Å². The zero-order valence-corrected chi connectivity index (χ0v) is 9.78. The van der Waals surface area contributed by atoms with Gasteiger partial charge in [-0.1, -0.05) is 39.5 Å². The Morgan fingerprint density at radius 3 is 2.50 bits per heavy atom. The van der Waals surface area contributed by atoms with Gasteiger partial charge in [0.2, 0.25) is 0 Å². The summed E-state index contributed by atoms with van der Waals surface area (Å²) in [5.74, 6) is 0.380. The van der Waals surface area contributed by atoms with Crippen LogP contribution in [-0.4, -0.2) is 11.3 Å². The number of rotatable bonds is 2. The van der Waals surface area contributed by atoms with Crippen molar-refractivity contribution in [2.45, 2.75) is 26.2 Å². The van der Waals surface area contributed by atoms with Gasteiger partial charge in [0.05, 0.1) is 0 Å². The van der Waals surface area contributed by atoms with E-state index in [1.54, 1.807) is 18.2 Å². The summed E-state index contributed by atoms with van der Waals surface area (Å²) < 4.78 is 4.75. The predicted molar refractivity (Wildman–Crippen MR) is 63.9 cm³/mol. The van der Waals surface area contributed by atoms with Gasteiger partial charge in [0, 0.05) is 5.56 Å². The molecule has 0 amide bonds. The van der Waals surface area contributed by atoms with Gasteiger partial charge in [-0.2, -0.15) is 0 Å². The highest BCUT2D eigenvalue weighted by molar-refractivity contribution is 5.63. The number of carboxylic acid groups (broad SMARTS) is 1. The van der Waals surface area contributed by atoms with E-state index in [-0.39, 0.29) is 5.41 Å². The Bertz CT molecular complexity index is 414. The van der Waals surface area contributed by atoms with E-state index in [1.165, 1.54) is 0 Å². The van der Waals surface area contributed by atoms with Gasteiger partial charge in [-0.25, -0.2) is 4.79 Å². The molecule has 0 heterocycles. The van der Waals surface area contributed by atoms with Crippen molar-refractivity contribution in [2.24, 2.45) is 0 Å². The van der Waals surface area contributed by atoms with Crippen LogP contribution in [0.4, 0.5) is 4.79 Å². The maximum Gasteiger partial charge on any atom is 0.511 e. The Labute approximate surface area is 95.4 Å². The summed E-state index contributed by atoms with van der Waals surface area (Å²) >= 11 is 0. The molecular weight excluding hydrogens is 204 g/mol. The summed E-state index contributed by atoms with van der Waals surface area (Å²) in [6.07, 6.45) is 0.427. The number of hydrogen-bond acceptors (Lipinski definition) is 2. The van der Waals surface area contributed by atoms with Crippen LogP contribution in [-0.2, 0) is 5.41 Å². The van der Waals surface area contributed by atoms with E-state index in [0.29, 0.717) is 5.75 Å². The van der Waals surface area contributed by atoms with Gasteiger partial charge < -0.3 is 9.84 Å². The first-order chi connectivity index (χ1) is 7.34. The smallest absolute Gasteiger partial charge is 0.449 e. The molecule has 1 aromatic carbocycles. The third-order valence-corrected chi connectivity index (χ3v) is 2.24. The fourth-order valence-electron chi connectivity index (χ4n) is 1.44. The molecule has 1 rings (SSSR count). The first kappa shape index (κ1) is 12.3. The van der Waals surface area contributed by atoms with Crippen LogP contribution >= 0.6 is 0 Å². The quantitative estimate of drug-likeness (QED) is 0.610. The van der Waals surface area contributed by atoms with Crippen LogP contribution in [0.5, 0.6) is 5.75 Å². The zero-order chi connectivity index (χ0) is 12.3. The SMILES string of the molecule is C=Cc1ccc(OC(=O)O)c(C(C)(C)C)c1. The van der Waals surface area contributed by atoms with Crippen LogP contribution in [0.25, 0.3) is 6.08 Å².